The number of amides is 1. The Morgan fingerprint density at radius 3 is 2.56 bits per heavy atom. The molecule has 7 heteroatoms. The van der Waals surface area contributed by atoms with Crippen molar-refractivity contribution in [3.63, 3.8) is 0 Å². The van der Waals surface area contributed by atoms with Crippen LogP contribution in [0.15, 0.2) is 30.5 Å². The lowest BCUT2D eigenvalue weighted by Gasteiger charge is -2.33. The van der Waals surface area contributed by atoms with E-state index >= 15 is 0 Å². The zero-order valence-corrected chi connectivity index (χ0v) is 15.4. The number of rotatable bonds is 3. The number of carbonyl (C=O) groups excluding carboxylic acids is 1. The van der Waals surface area contributed by atoms with E-state index in [4.69, 9.17) is 0 Å². The van der Waals surface area contributed by atoms with Crippen molar-refractivity contribution in [1.29, 1.82) is 0 Å². The minimum absolute atomic E-state index is 0.124. The first kappa shape index (κ1) is 17.9. The number of fused-ring (bicyclic) bond motifs is 1. The summed E-state index contributed by atoms with van der Waals surface area (Å²) in [6.45, 7) is 3.41. The molecule has 1 N–H and O–H groups in total. The number of anilines is 1. The van der Waals surface area contributed by atoms with Gasteiger partial charge in [0.15, 0.2) is 0 Å². The number of nitrogens with zero attached hydrogens (tertiary/aromatic N) is 3. The van der Waals surface area contributed by atoms with Gasteiger partial charge in [-0.15, -0.1) is 0 Å². The Kier molecular flexibility index (Phi) is 4.85. The maximum absolute atomic E-state index is 13.7. The molecule has 1 aromatic heterocycles. The summed E-state index contributed by atoms with van der Waals surface area (Å²) < 4.78 is 28.8. The Morgan fingerprint density at radius 2 is 1.89 bits per heavy atom. The number of carbonyl (C=O) groups is 1. The van der Waals surface area contributed by atoms with Crippen LogP contribution < -0.4 is 5.32 Å². The van der Waals surface area contributed by atoms with E-state index in [9.17, 15) is 13.6 Å². The van der Waals surface area contributed by atoms with Crippen molar-refractivity contribution in [3.8, 4) is 0 Å². The molecule has 1 aromatic carbocycles. The maximum atomic E-state index is 13.7. The maximum Gasteiger partial charge on any atom is 0.260 e. The fraction of sp³-hybridized carbons (Fsp3) is 0.500. The van der Waals surface area contributed by atoms with Crippen LogP contribution in [0.5, 0.6) is 0 Å². The average molecular weight is 374 g/mol. The molecule has 144 valence electrons. The van der Waals surface area contributed by atoms with Crippen LogP contribution in [0.25, 0.3) is 0 Å². The van der Waals surface area contributed by atoms with Gasteiger partial charge in [-0.25, -0.2) is 13.5 Å². The first-order valence-electron chi connectivity index (χ1n) is 9.52. The number of halogens is 2. The van der Waals surface area contributed by atoms with Crippen molar-refractivity contribution < 1.29 is 13.6 Å². The number of aromatic nitrogens is 2. The molecule has 1 saturated heterocycles. The van der Waals surface area contributed by atoms with Crippen LogP contribution in [0.1, 0.15) is 59.3 Å². The third-order valence-corrected chi connectivity index (χ3v) is 5.54. The molecular weight excluding hydrogens is 350 g/mol. The Morgan fingerprint density at radius 1 is 1.19 bits per heavy atom. The lowest BCUT2D eigenvalue weighted by atomic mass is 9.96. The van der Waals surface area contributed by atoms with Crippen LogP contribution in [-0.2, 0) is 0 Å². The molecule has 0 spiro atoms. The van der Waals surface area contributed by atoms with Gasteiger partial charge in [-0.3, -0.25) is 4.79 Å². The van der Waals surface area contributed by atoms with Gasteiger partial charge < -0.3 is 10.2 Å². The number of nitrogens with one attached hydrogen (secondary N) is 1. The van der Waals surface area contributed by atoms with Crippen molar-refractivity contribution in [1.82, 2.24) is 14.7 Å². The highest BCUT2D eigenvalue weighted by Crippen LogP contribution is 2.39. The summed E-state index contributed by atoms with van der Waals surface area (Å²) in [5.74, 6) is 0.286. The van der Waals surface area contributed by atoms with Gasteiger partial charge in [0.25, 0.3) is 12.3 Å². The van der Waals surface area contributed by atoms with Crippen molar-refractivity contribution in [2.24, 2.45) is 0 Å². The average Bonchev–Trinajstić information content (AvgIpc) is 3.11. The fourth-order valence-electron chi connectivity index (χ4n) is 3.97. The molecule has 2 atom stereocenters. The minimum atomic E-state index is -2.54. The quantitative estimate of drug-likeness (QED) is 0.877. The van der Waals surface area contributed by atoms with E-state index in [1.165, 1.54) is 10.9 Å². The molecule has 0 bridgehead atoms. The van der Waals surface area contributed by atoms with Gasteiger partial charge in [0, 0.05) is 13.1 Å². The van der Waals surface area contributed by atoms with Crippen molar-refractivity contribution in [2.45, 2.75) is 51.1 Å². The highest BCUT2D eigenvalue weighted by molar-refractivity contribution is 5.99. The zero-order chi connectivity index (χ0) is 19.0. The van der Waals surface area contributed by atoms with Crippen LogP contribution >= 0.6 is 0 Å². The number of piperidine rings is 1. The first-order valence-corrected chi connectivity index (χ1v) is 9.52. The number of likely N-dealkylation sites (tertiary alicyclic amines) is 1. The van der Waals surface area contributed by atoms with E-state index in [0.29, 0.717) is 24.5 Å². The summed E-state index contributed by atoms with van der Waals surface area (Å²) in [4.78, 5) is 14.7. The Labute approximate surface area is 157 Å². The molecule has 0 radical (unpaired) electrons. The highest BCUT2D eigenvalue weighted by Gasteiger charge is 2.37. The Bertz CT molecular complexity index is 812. The monoisotopic (exact) mass is 374 g/mol. The molecule has 2 aliphatic heterocycles. The Balaban J connectivity index is 1.67. The normalized spacial score (nSPS) is 22.4. The molecule has 0 saturated carbocycles. The van der Waals surface area contributed by atoms with E-state index in [1.807, 2.05) is 31.2 Å². The summed E-state index contributed by atoms with van der Waals surface area (Å²) in [6.07, 6.45) is 2.20. The molecular formula is C20H24F2N4O. The lowest BCUT2D eigenvalue weighted by Crippen LogP contribution is -2.37. The number of hydrogen-bond acceptors (Lipinski definition) is 3. The summed E-state index contributed by atoms with van der Waals surface area (Å²) >= 11 is 0. The van der Waals surface area contributed by atoms with E-state index in [-0.39, 0.29) is 18.4 Å². The van der Waals surface area contributed by atoms with Gasteiger partial charge in [-0.1, -0.05) is 29.8 Å². The molecule has 2 aromatic rings. The summed E-state index contributed by atoms with van der Waals surface area (Å²) in [5.41, 5.74) is 2.44. The summed E-state index contributed by atoms with van der Waals surface area (Å²) in [5, 5.41) is 7.45. The summed E-state index contributed by atoms with van der Waals surface area (Å²) in [6, 6.07) is 6.53. The third kappa shape index (κ3) is 3.42. The lowest BCUT2D eigenvalue weighted by molar-refractivity contribution is 0.0649. The van der Waals surface area contributed by atoms with Crippen molar-refractivity contribution >= 4 is 11.7 Å². The molecule has 3 heterocycles. The largest absolute Gasteiger partial charge is 0.363 e. The molecule has 2 aliphatic rings. The first-order chi connectivity index (χ1) is 13.0. The van der Waals surface area contributed by atoms with Gasteiger partial charge in [-0.2, -0.15) is 5.10 Å². The number of aryl methyl sites for hydroxylation is 1. The second kappa shape index (κ2) is 7.29. The minimum Gasteiger partial charge on any atom is -0.363 e. The molecule has 0 aliphatic carbocycles. The molecule has 1 fully saturated rings. The molecule has 1 amide bonds. The third-order valence-electron chi connectivity index (χ3n) is 5.54. The topological polar surface area (TPSA) is 50.2 Å². The standard InChI is InChI=1S/C20H24F2N4O/c1-13-5-7-14(8-6-13)16-11-17(18(21)22)26-19(24-16)15(12-23-26)20(27)25-9-3-2-4-10-25/h5-8,12,16-18,24H,2-4,9-11H2,1H3/t16-,17+/m0/s1. The molecule has 4 rings (SSSR count). The van der Waals surface area contributed by atoms with Crippen LogP contribution in [0.3, 0.4) is 0 Å². The van der Waals surface area contributed by atoms with Gasteiger partial charge in [0.2, 0.25) is 0 Å². The van der Waals surface area contributed by atoms with Crippen LogP contribution in [0.4, 0.5) is 14.6 Å². The predicted molar refractivity (Wildman–Crippen MR) is 99.2 cm³/mol. The van der Waals surface area contributed by atoms with Crippen molar-refractivity contribution in [2.75, 3.05) is 18.4 Å². The summed E-state index contributed by atoms with van der Waals surface area (Å²) in [7, 11) is 0. The fourth-order valence-corrected chi connectivity index (χ4v) is 3.97. The van der Waals surface area contributed by atoms with Gasteiger partial charge in [-0.05, 0) is 38.2 Å². The van der Waals surface area contributed by atoms with Crippen LogP contribution in [0.2, 0.25) is 0 Å². The van der Waals surface area contributed by atoms with Gasteiger partial charge in [0.1, 0.15) is 17.4 Å². The van der Waals surface area contributed by atoms with E-state index in [0.717, 1.165) is 30.4 Å². The second-order valence-electron chi connectivity index (χ2n) is 7.45. The van der Waals surface area contributed by atoms with E-state index in [2.05, 4.69) is 10.4 Å². The van der Waals surface area contributed by atoms with E-state index in [1.54, 1.807) is 4.90 Å². The second-order valence-corrected chi connectivity index (χ2v) is 7.45. The SMILES string of the molecule is Cc1ccc([C@@H]2C[C@H](C(F)F)n3ncc(C(=O)N4CCCCC4)c3N2)cc1. The number of hydrogen-bond donors (Lipinski definition) is 1. The molecule has 27 heavy (non-hydrogen) atoms. The highest BCUT2D eigenvalue weighted by atomic mass is 19.3. The van der Waals surface area contributed by atoms with Gasteiger partial charge in [0.05, 0.1) is 12.2 Å². The smallest absolute Gasteiger partial charge is 0.260 e. The van der Waals surface area contributed by atoms with Crippen LogP contribution in [-0.4, -0.2) is 40.1 Å². The molecule has 5 nitrogen and oxygen atoms in total. The number of benzene rings is 1. The van der Waals surface area contributed by atoms with E-state index < -0.39 is 12.5 Å². The van der Waals surface area contributed by atoms with Crippen molar-refractivity contribution in [3.05, 3.63) is 47.2 Å². The molecule has 0 unspecified atom stereocenters. The Hall–Kier alpha value is -2.44. The number of alkyl halides is 2. The van der Waals surface area contributed by atoms with Gasteiger partial charge >= 0.3 is 0 Å². The zero-order valence-electron chi connectivity index (χ0n) is 15.4. The predicted octanol–water partition coefficient (Wildman–Crippen LogP) is 4.18. The van der Waals surface area contributed by atoms with Crippen LogP contribution in [0, 0.1) is 6.92 Å².